The summed E-state index contributed by atoms with van der Waals surface area (Å²) in [5.41, 5.74) is 2.56. The number of benzene rings is 4. The third-order valence-electron chi connectivity index (χ3n) is 5.06. The summed E-state index contributed by atoms with van der Waals surface area (Å²) in [6.07, 6.45) is 0. The second kappa shape index (κ2) is 10.3. The van der Waals surface area contributed by atoms with E-state index in [1.54, 1.807) is 48.5 Å². The fourth-order valence-electron chi connectivity index (χ4n) is 3.36. The Bertz CT molecular complexity index is 1440. The number of urea groups is 1. The number of amides is 2. The van der Waals surface area contributed by atoms with Gasteiger partial charge in [-0.05, 0) is 59.7 Å². The van der Waals surface area contributed by atoms with Crippen molar-refractivity contribution >= 4 is 33.1 Å². The Balaban J connectivity index is 1.51. The Labute approximate surface area is 202 Å². The van der Waals surface area contributed by atoms with E-state index in [-0.39, 0.29) is 22.1 Å². The molecule has 0 aromatic heterocycles. The van der Waals surface area contributed by atoms with Crippen LogP contribution in [0, 0.1) is 5.82 Å². The summed E-state index contributed by atoms with van der Waals surface area (Å²) in [5, 5.41) is 5.38. The number of sulfonamides is 1. The molecule has 4 aromatic rings. The van der Waals surface area contributed by atoms with Crippen LogP contribution in [0.4, 0.5) is 26.2 Å². The summed E-state index contributed by atoms with van der Waals surface area (Å²) < 4.78 is 47.1. The smallest absolute Gasteiger partial charge is 0.323 e. The Morgan fingerprint density at radius 1 is 0.771 bits per heavy atom. The maximum absolute atomic E-state index is 13.2. The Morgan fingerprint density at radius 2 is 1.51 bits per heavy atom. The minimum atomic E-state index is -3.93. The predicted octanol–water partition coefficient (Wildman–Crippen LogP) is 5.95. The molecule has 0 heterocycles. The van der Waals surface area contributed by atoms with Crippen LogP contribution in [0.2, 0.25) is 0 Å². The highest BCUT2D eigenvalue weighted by Gasteiger charge is 2.17. The fourth-order valence-corrected chi connectivity index (χ4v) is 4.46. The Morgan fingerprint density at radius 3 is 2.23 bits per heavy atom. The van der Waals surface area contributed by atoms with Crippen molar-refractivity contribution < 1.29 is 22.3 Å². The SMILES string of the molecule is COc1cc(NS(=O)(=O)c2cccc(-c3ccc(F)cc3)c2)ccc1NC(=O)Nc1ccccc1. The van der Waals surface area contributed by atoms with E-state index in [0.717, 1.165) is 0 Å². The van der Waals surface area contributed by atoms with Gasteiger partial charge in [-0.25, -0.2) is 17.6 Å². The lowest BCUT2D eigenvalue weighted by molar-refractivity contribution is 0.262. The molecule has 0 radical (unpaired) electrons. The first-order valence-corrected chi connectivity index (χ1v) is 12.0. The highest BCUT2D eigenvalue weighted by molar-refractivity contribution is 7.92. The molecule has 0 aliphatic heterocycles. The molecule has 0 unspecified atom stereocenters. The number of carbonyl (C=O) groups is 1. The van der Waals surface area contributed by atoms with E-state index in [4.69, 9.17) is 4.74 Å². The maximum Gasteiger partial charge on any atom is 0.323 e. The Kier molecular flexibility index (Phi) is 6.98. The third-order valence-corrected chi connectivity index (χ3v) is 6.43. The lowest BCUT2D eigenvalue weighted by atomic mass is 10.1. The van der Waals surface area contributed by atoms with Crippen molar-refractivity contribution in [3.8, 4) is 16.9 Å². The minimum absolute atomic E-state index is 0.0442. The molecule has 0 bridgehead atoms. The number of methoxy groups -OCH3 is 1. The first kappa shape index (κ1) is 23.8. The van der Waals surface area contributed by atoms with Crippen LogP contribution >= 0.6 is 0 Å². The van der Waals surface area contributed by atoms with E-state index in [9.17, 15) is 17.6 Å². The van der Waals surface area contributed by atoms with Crippen LogP contribution in [0.5, 0.6) is 5.75 Å². The normalized spacial score (nSPS) is 10.9. The standard InChI is InChI=1S/C26H22FN3O4S/c1-34-25-17-22(14-15-24(25)29-26(31)28-21-7-3-2-4-8-21)30-35(32,33)23-9-5-6-19(16-23)18-10-12-20(27)13-11-18/h2-17,30H,1H3,(H2,28,29,31). The van der Waals surface area contributed by atoms with E-state index in [1.165, 1.54) is 49.6 Å². The monoisotopic (exact) mass is 491 g/mol. The van der Waals surface area contributed by atoms with E-state index >= 15 is 0 Å². The van der Waals surface area contributed by atoms with Crippen LogP contribution in [0.1, 0.15) is 0 Å². The first-order chi connectivity index (χ1) is 16.8. The van der Waals surface area contributed by atoms with Crippen LogP contribution < -0.4 is 20.1 Å². The highest BCUT2D eigenvalue weighted by Crippen LogP contribution is 2.30. The summed E-state index contributed by atoms with van der Waals surface area (Å²) in [6, 6.07) is 25.1. The Hall–Kier alpha value is -4.37. The van der Waals surface area contributed by atoms with E-state index in [1.807, 2.05) is 6.07 Å². The molecular formula is C26H22FN3O4S. The molecule has 7 nitrogen and oxygen atoms in total. The zero-order chi connectivity index (χ0) is 24.8. The second-order valence-corrected chi connectivity index (χ2v) is 9.18. The van der Waals surface area contributed by atoms with Crippen molar-refractivity contribution in [2.45, 2.75) is 4.90 Å². The molecule has 0 spiro atoms. The van der Waals surface area contributed by atoms with Gasteiger partial charge in [-0.3, -0.25) is 4.72 Å². The molecular weight excluding hydrogens is 469 g/mol. The molecule has 0 aliphatic carbocycles. The van der Waals surface area contributed by atoms with Crippen LogP contribution in [0.25, 0.3) is 11.1 Å². The van der Waals surface area contributed by atoms with Crippen LogP contribution in [0.15, 0.2) is 102 Å². The molecule has 0 fully saturated rings. The van der Waals surface area contributed by atoms with Gasteiger partial charge < -0.3 is 15.4 Å². The van der Waals surface area contributed by atoms with E-state index in [0.29, 0.717) is 22.5 Å². The molecule has 2 amide bonds. The van der Waals surface area contributed by atoms with Crippen molar-refractivity contribution in [2.75, 3.05) is 22.5 Å². The number of carbonyl (C=O) groups excluding carboxylic acids is 1. The summed E-state index contributed by atoms with van der Waals surface area (Å²) in [5.74, 6) is -0.0999. The van der Waals surface area contributed by atoms with Gasteiger partial charge in [0.05, 0.1) is 23.4 Å². The number of anilines is 3. The molecule has 4 aromatic carbocycles. The first-order valence-electron chi connectivity index (χ1n) is 10.5. The van der Waals surface area contributed by atoms with Gasteiger partial charge in [0.2, 0.25) is 0 Å². The summed E-state index contributed by atoms with van der Waals surface area (Å²) in [6.45, 7) is 0. The molecule has 0 aliphatic rings. The van der Waals surface area contributed by atoms with E-state index < -0.39 is 16.1 Å². The average Bonchev–Trinajstić information content (AvgIpc) is 2.86. The molecule has 0 saturated heterocycles. The van der Waals surface area contributed by atoms with Gasteiger partial charge >= 0.3 is 6.03 Å². The molecule has 35 heavy (non-hydrogen) atoms. The molecule has 9 heteroatoms. The minimum Gasteiger partial charge on any atom is -0.494 e. The zero-order valence-corrected chi connectivity index (χ0v) is 19.5. The van der Waals surface area contributed by atoms with Crippen molar-refractivity contribution in [3.05, 3.63) is 103 Å². The molecule has 178 valence electrons. The number of halogens is 1. The van der Waals surface area contributed by atoms with Crippen LogP contribution in [-0.4, -0.2) is 21.6 Å². The number of nitrogens with one attached hydrogen (secondary N) is 3. The van der Waals surface area contributed by atoms with Gasteiger partial charge in [-0.1, -0.05) is 42.5 Å². The lowest BCUT2D eigenvalue weighted by Gasteiger charge is -2.14. The van der Waals surface area contributed by atoms with E-state index in [2.05, 4.69) is 15.4 Å². The summed E-state index contributed by atoms with van der Waals surface area (Å²) >= 11 is 0. The number of hydrogen-bond donors (Lipinski definition) is 3. The zero-order valence-electron chi connectivity index (χ0n) is 18.7. The molecule has 3 N–H and O–H groups in total. The van der Waals surface area contributed by atoms with Gasteiger partial charge in [0.1, 0.15) is 11.6 Å². The van der Waals surface area contributed by atoms with Gasteiger partial charge in [-0.2, -0.15) is 0 Å². The van der Waals surface area contributed by atoms with Crippen molar-refractivity contribution in [3.63, 3.8) is 0 Å². The maximum atomic E-state index is 13.2. The third kappa shape index (κ3) is 5.96. The topological polar surface area (TPSA) is 96.5 Å². The van der Waals surface area contributed by atoms with Crippen molar-refractivity contribution in [1.29, 1.82) is 0 Å². The number of ether oxygens (including phenoxy) is 1. The lowest BCUT2D eigenvalue weighted by Crippen LogP contribution is -2.20. The van der Waals surface area contributed by atoms with Crippen molar-refractivity contribution in [2.24, 2.45) is 0 Å². The predicted molar refractivity (Wildman–Crippen MR) is 135 cm³/mol. The largest absolute Gasteiger partial charge is 0.494 e. The molecule has 0 atom stereocenters. The summed E-state index contributed by atoms with van der Waals surface area (Å²) in [7, 11) is -2.52. The quantitative estimate of drug-likeness (QED) is 0.298. The number of rotatable bonds is 7. The molecule has 4 rings (SSSR count). The van der Waals surface area contributed by atoms with Gasteiger partial charge in [0.15, 0.2) is 0 Å². The number of para-hydroxylation sites is 1. The van der Waals surface area contributed by atoms with Gasteiger partial charge in [0.25, 0.3) is 10.0 Å². The van der Waals surface area contributed by atoms with Crippen LogP contribution in [-0.2, 0) is 10.0 Å². The highest BCUT2D eigenvalue weighted by atomic mass is 32.2. The van der Waals surface area contributed by atoms with Gasteiger partial charge in [-0.15, -0.1) is 0 Å². The summed E-state index contributed by atoms with van der Waals surface area (Å²) in [4.78, 5) is 12.4. The van der Waals surface area contributed by atoms with Gasteiger partial charge in [0, 0.05) is 11.8 Å². The van der Waals surface area contributed by atoms with Crippen molar-refractivity contribution in [1.82, 2.24) is 0 Å². The second-order valence-electron chi connectivity index (χ2n) is 7.50. The fraction of sp³-hybridized carbons (Fsp3) is 0.0385. The molecule has 0 saturated carbocycles. The van der Waals surface area contributed by atoms with Crippen LogP contribution in [0.3, 0.4) is 0 Å². The average molecular weight is 492 g/mol. The number of hydrogen-bond acceptors (Lipinski definition) is 4.